The molecule has 0 saturated heterocycles. The molecule has 0 saturated carbocycles. The average Bonchev–Trinajstić information content (AvgIpc) is 3.96. The van der Waals surface area contributed by atoms with Gasteiger partial charge in [-0.05, 0) is 42.0 Å². The van der Waals surface area contributed by atoms with Gasteiger partial charge in [-0.15, -0.1) is 0 Å². The molecular formula is C51H30N4O2. The minimum atomic E-state index is 0.572. The van der Waals surface area contributed by atoms with Crippen molar-refractivity contribution in [3.05, 3.63) is 182 Å². The summed E-state index contributed by atoms with van der Waals surface area (Å²) in [4.78, 5) is 14.9. The van der Waals surface area contributed by atoms with Gasteiger partial charge in [-0.2, -0.15) is 0 Å². The predicted molar refractivity (Wildman–Crippen MR) is 230 cm³/mol. The average molecular weight is 731 g/mol. The zero-order valence-electron chi connectivity index (χ0n) is 30.4. The van der Waals surface area contributed by atoms with Crippen LogP contribution in [0.4, 0.5) is 0 Å². The Bertz CT molecular complexity index is 3410. The molecule has 4 aromatic heterocycles. The Hall–Kier alpha value is -7.83. The molecule has 266 valence electrons. The molecule has 0 amide bonds. The van der Waals surface area contributed by atoms with Crippen molar-refractivity contribution in [2.24, 2.45) is 0 Å². The summed E-state index contributed by atoms with van der Waals surface area (Å²) in [5.74, 6) is 1.80. The second kappa shape index (κ2) is 12.3. The number of hydrogen-bond donors (Lipinski definition) is 0. The summed E-state index contributed by atoms with van der Waals surface area (Å²) in [7, 11) is 0. The van der Waals surface area contributed by atoms with E-state index in [-0.39, 0.29) is 0 Å². The highest BCUT2D eigenvalue weighted by atomic mass is 16.3. The molecular weight excluding hydrogens is 701 g/mol. The van der Waals surface area contributed by atoms with E-state index in [1.165, 1.54) is 10.8 Å². The topological polar surface area (TPSA) is 69.9 Å². The lowest BCUT2D eigenvalue weighted by atomic mass is 9.96. The minimum absolute atomic E-state index is 0.572. The van der Waals surface area contributed by atoms with Gasteiger partial charge in [-0.3, -0.25) is 0 Å². The first-order valence-electron chi connectivity index (χ1n) is 19.0. The molecule has 0 aliphatic carbocycles. The van der Waals surface area contributed by atoms with Crippen molar-refractivity contribution >= 4 is 65.7 Å². The molecule has 0 aliphatic heterocycles. The zero-order valence-corrected chi connectivity index (χ0v) is 30.4. The number of fused-ring (bicyclic) bond motifs is 9. The summed E-state index contributed by atoms with van der Waals surface area (Å²) in [6.45, 7) is 0. The Morgan fingerprint density at radius 2 is 0.930 bits per heavy atom. The van der Waals surface area contributed by atoms with Gasteiger partial charge >= 0.3 is 0 Å². The van der Waals surface area contributed by atoms with E-state index in [0.29, 0.717) is 17.5 Å². The fraction of sp³-hybridized carbons (Fsp3) is 0. The lowest BCUT2D eigenvalue weighted by Crippen LogP contribution is -2.00. The van der Waals surface area contributed by atoms with Crippen molar-refractivity contribution in [2.45, 2.75) is 0 Å². The van der Waals surface area contributed by atoms with Crippen LogP contribution in [-0.4, -0.2) is 19.5 Å². The van der Waals surface area contributed by atoms with Gasteiger partial charge in [0, 0.05) is 60.6 Å². The molecule has 6 heteroatoms. The number of rotatable bonds is 5. The lowest BCUT2D eigenvalue weighted by molar-refractivity contribution is 0.668. The SMILES string of the molecule is c1ccc(-c2nc(-c3ccccc3)nc(-c3ccc4c(c3)oc3cc(-n5c6ccccc6c6ccccc65)cc(-c5cccc6c5oc5ccccc56)c34)n2)cc1. The third kappa shape index (κ3) is 4.94. The van der Waals surface area contributed by atoms with Crippen molar-refractivity contribution < 1.29 is 8.83 Å². The van der Waals surface area contributed by atoms with E-state index in [4.69, 9.17) is 23.8 Å². The van der Waals surface area contributed by atoms with Crippen LogP contribution in [-0.2, 0) is 0 Å². The van der Waals surface area contributed by atoms with Crippen LogP contribution in [0.25, 0.3) is 117 Å². The number of nitrogens with zero attached hydrogens (tertiary/aromatic N) is 4. The highest BCUT2D eigenvalue weighted by Gasteiger charge is 2.22. The Labute approximate surface area is 325 Å². The van der Waals surface area contributed by atoms with E-state index in [9.17, 15) is 0 Å². The van der Waals surface area contributed by atoms with Gasteiger partial charge in [-0.25, -0.2) is 15.0 Å². The van der Waals surface area contributed by atoms with Gasteiger partial charge in [0.2, 0.25) is 0 Å². The third-order valence-corrected chi connectivity index (χ3v) is 11.0. The van der Waals surface area contributed by atoms with E-state index in [0.717, 1.165) is 88.4 Å². The molecule has 12 aromatic rings. The van der Waals surface area contributed by atoms with E-state index in [1.54, 1.807) is 0 Å². The molecule has 0 spiro atoms. The van der Waals surface area contributed by atoms with Crippen LogP contribution in [0, 0.1) is 0 Å². The second-order valence-corrected chi connectivity index (χ2v) is 14.4. The lowest BCUT2D eigenvalue weighted by Gasteiger charge is -2.12. The van der Waals surface area contributed by atoms with Gasteiger partial charge in [0.1, 0.15) is 22.3 Å². The summed E-state index contributed by atoms with van der Waals surface area (Å²) >= 11 is 0. The first kappa shape index (κ1) is 31.5. The molecule has 57 heavy (non-hydrogen) atoms. The quantitative estimate of drug-likeness (QED) is 0.176. The second-order valence-electron chi connectivity index (χ2n) is 14.4. The number of para-hydroxylation sites is 4. The molecule has 0 aliphatic rings. The molecule has 4 heterocycles. The van der Waals surface area contributed by atoms with Crippen LogP contribution in [0.2, 0.25) is 0 Å². The smallest absolute Gasteiger partial charge is 0.164 e. The summed E-state index contributed by atoms with van der Waals surface area (Å²) in [5, 5.41) is 6.57. The summed E-state index contributed by atoms with van der Waals surface area (Å²) in [5.41, 5.74) is 11.2. The fourth-order valence-corrected chi connectivity index (χ4v) is 8.47. The van der Waals surface area contributed by atoms with Gasteiger partial charge in [0.15, 0.2) is 17.5 Å². The predicted octanol–water partition coefficient (Wildman–Crippen LogP) is 13.4. The van der Waals surface area contributed by atoms with Gasteiger partial charge in [-0.1, -0.05) is 140 Å². The minimum Gasteiger partial charge on any atom is -0.456 e. The Kier molecular flexibility index (Phi) is 6.83. The summed E-state index contributed by atoms with van der Waals surface area (Å²) in [6.07, 6.45) is 0. The van der Waals surface area contributed by atoms with Crippen LogP contribution in [0.15, 0.2) is 191 Å². The van der Waals surface area contributed by atoms with Gasteiger partial charge in [0.05, 0.1) is 16.7 Å². The standard InChI is InChI=1S/C51H30N4O2/c1-3-14-31(15-4-1)49-52-50(32-16-5-2-6-17-32)54-51(53-49)33-26-27-40-45(28-33)56-46-30-34(55-42-23-10-7-18-35(42)36-19-8-11-24-43(36)55)29-41(47(40)46)39-22-13-21-38-37-20-9-12-25-44(37)57-48(38)39/h1-30H. The molecule has 0 bridgehead atoms. The normalized spacial score (nSPS) is 11.9. The third-order valence-electron chi connectivity index (χ3n) is 11.0. The van der Waals surface area contributed by atoms with E-state index >= 15 is 0 Å². The highest BCUT2D eigenvalue weighted by molar-refractivity contribution is 6.18. The Morgan fingerprint density at radius 1 is 0.351 bits per heavy atom. The number of hydrogen-bond acceptors (Lipinski definition) is 5. The van der Waals surface area contributed by atoms with Crippen LogP contribution >= 0.6 is 0 Å². The number of furan rings is 2. The van der Waals surface area contributed by atoms with Crippen LogP contribution in [0.3, 0.4) is 0 Å². The summed E-state index contributed by atoms with van der Waals surface area (Å²) < 4.78 is 15.9. The maximum absolute atomic E-state index is 6.93. The van der Waals surface area contributed by atoms with Crippen LogP contribution in [0.5, 0.6) is 0 Å². The monoisotopic (exact) mass is 730 g/mol. The molecule has 0 unspecified atom stereocenters. The molecule has 0 N–H and O–H groups in total. The molecule has 8 aromatic carbocycles. The van der Waals surface area contributed by atoms with Crippen molar-refractivity contribution in [3.63, 3.8) is 0 Å². The van der Waals surface area contributed by atoms with Crippen LogP contribution < -0.4 is 0 Å². The van der Waals surface area contributed by atoms with E-state index in [2.05, 4.69) is 114 Å². The molecule has 6 nitrogen and oxygen atoms in total. The number of benzene rings is 8. The van der Waals surface area contributed by atoms with Crippen molar-refractivity contribution in [1.82, 2.24) is 19.5 Å². The number of aromatic nitrogens is 4. The van der Waals surface area contributed by atoms with E-state index < -0.39 is 0 Å². The Balaban J connectivity index is 1.13. The Morgan fingerprint density at radius 3 is 1.61 bits per heavy atom. The molecule has 0 radical (unpaired) electrons. The highest BCUT2D eigenvalue weighted by Crippen LogP contribution is 2.44. The maximum Gasteiger partial charge on any atom is 0.164 e. The molecule has 12 rings (SSSR count). The first-order chi connectivity index (χ1) is 28.2. The largest absolute Gasteiger partial charge is 0.456 e. The van der Waals surface area contributed by atoms with Crippen molar-refractivity contribution in [1.29, 1.82) is 0 Å². The maximum atomic E-state index is 6.93. The van der Waals surface area contributed by atoms with Gasteiger partial charge < -0.3 is 13.4 Å². The fourth-order valence-electron chi connectivity index (χ4n) is 8.47. The van der Waals surface area contributed by atoms with Crippen molar-refractivity contribution in [2.75, 3.05) is 0 Å². The van der Waals surface area contributed by atoms with Crippen molar-refractivity contribution in [3.8, 4) is 51.0 Å². The molecule has 0 atom stereocenters. The molecule has 0 fully saturated rings. The zero-order chi connectivity index (χ0) is 37.5. The van der Waals surface area contributed by atoms with Gasteiger partial charge in [0.25, 0.3) is 0 Å². The first-order valence-corrected chi connectivity index (χ1v) is 19.0. The summed E-state index contributed by atoms with van der Waals surface area (Å²) in [6, 6.07) is 62.6. The van der Waals surface area contributed by atoms with Crippen LogP contribution in [0.1, 0.15) is 0 Å². The van der Waals surface area contributed by atoms with E-state index in [1.807, 2.05) is 72.8 Å².